The fourth-order valence-corrected chi connectivity index (χ4v) is 2.56. The summed E-state index contributed by atoms with van der Waals surface area (Å²) < 4.78 is 5.51. The molecule has 1 fully saturated rings. The summed E-state index contributed by atoms with van der Waals surface area (Å²) in [7, 11) is 0. The molecule has 0 radical (unpaired) electrons. The Hall–Kier alpha value is -1.55. The highest BCUT2D eigenvalue weighted by Crippen LogP contribution is 2.27. The smallest absolute Gasteiger partial charge is 0.229 e. The maximum atomic E-state index is 12.3. The summed E-state index contributed by atoms with van der Waals surface area (Å²) in [6.07, 6.45) is 4.02. The molecule has 4 heteroatoms. The van der Waals surface area contributed by atoms with Crippen LogP contribution in [0.4, 0.5) is 5.69 Å². The Morgan fingerprint density at radius 2 is 2.11 bits per heavy atom. The number of amides is 1. The van der Waals surface area contributed by atoms with E-state index in [2.05, 4.69) is 5.32 Å². The minimum Gasteiger partial charge on any atom is -0.492 e. The van der Waals surface area contributed by atoms with Crippen LogP contribution < -0.4 is 15.8 Å². The Kier molecular flexibility index (Phi) is 4.80. The average molecular weight is 262 g/mol. The van der Waals surface area contributed by atoms with Crippen LogP contribution in [0.1, 0.15) is 32.6 Å². The van der Waals surface area contributed by atoms with Gasteiger partial charge in [0.1, 0.15) is 5.75 Å². The van der Waals surface area contributed by atoms with E-state index in [9.17, 15) is 4.79 Å². The van der Waals surface area contributed by atoms with Crippen molar-refractivity contribution in [2.75, 3.05) is 11.9 Å². The number of rotatable bonds is 4. The molecule has 1 aliphatic rings. The summed E-state index contributed by atoms with van der Waals surface area (Å²) >= 11 is 0. The summed E-state index contributed by atoms with van der Waals surface area (Å²) in [5.41, 5.74) is 6.77. The molecular weight excluding hydrogens is 240 g/mol. The van der Waals surface area contributed by atoms with Crippen molar-refractivity contribution in [3.05, 3.63) is 24.3 Å². The molecule has 2 atom stereocenters. The molecule has 2 unspecified atom stereocenters. The Bertz CT molecular complexity index is 434. The van der Waals surface area contributed by atoms with Crippen LogP contribution in [0.25, 0.3) is 0 Å². The molecule has 0 saturated heterocycles. The quantitative estimate of drug-likeness (QED) is 0.876. The molecule has 0 aromatic heterocycles. The van der Waals surface area contributed by atoms with Gasteiger partial charge in [0.15, 0.2) is 0 Å². The van der Waals surface area contributed by atoms with Gasteiger partial charge in [0.2, 0.25) is 5.91 Å². The zero-order valence-corrected chi connectivity index (χ0v) is 11.4. The van der Waals surface area contributed by atoms with E-state index in [0.717, 1.165) is 31.4 Å². The van der Waals surface area contributed by atoms with Gasteiger partial charge in [-0.05, 0) is 31.9 Å². The highest BCUT2D eigenvalue weighted by atomic mass is 16.5. The van der Waals surface area contributed by atoms with Crippen LogP contribution in [-0.2, 0) is 4.79 Å². The predicted molar refractivity (Wildman–Crippen MR) is 76.2 cm³/mol. The molecule has 1 saturated carbocycles. The fourth-order valence-electron chi connectivity index (χ4n) is 2.56. The predicted octanol–water partition coefficient (Wildman–Crippen LogP) is 2.54. The van der Waals surface area contributed by atoms with E-state index >= 15 is 0 Å². The molecule has 1 amide bonds. The van der Waals surface area contributed by atoms with Crippen molar-refractivity contribution in [2.45, 2.75) is 38.6 Å². The van der Waals surface area contributed by atoms with Gasteiger partial charge in [-0.25, -0.2) is 0 Å². The van der Waals surface area contributed by atoms with Crippen molar-refractivity contribution in [3.8, 4) is 5.75 Å². The van der Waals surface area contributed by atoms with Crippen LogP contribution in [0.15, 0.2) is 24.3 Å². The topological polar surface area (TPSA) is 64.3 Å². The largest absolute Gasteiger partial charge is 0.492 e. The number of nitrogens with two attached hydrogens (primary N) is 1. The van der Waals surface area contributed by atoms with Gasteiger partial charge < -0.3 is 15.8 Å². The fraction of sp³-hybridized carbons (Fsp3) is 0.533. The number of ether oxygens (including phenoxy) is 1. The molecule has 0 spiro atoms. The van der Waals surface area contributed by atoms with E-state index in [4.69, 9.17) is 10.5 Å². The number of hydrogen-bond donors (Lipinski definition) is 2. The molecule has 2 rings (SSSR count). The van der Waals surface area contributed by atoms with E-state index < -0.39 is 0 Å². The van der Waals surface area contributed by atoms with Crippen molar-refractivity contribution in [3.63, 3.8) is 0 Å². The van der Waals surface area contributed by atoms with Crippen LogP contribution in [0.5, 0.6) is 5.75 Å². The second kappa shape index (κ2) is 6.57. The molecule has 1 aromatic rings. The molecular formula is C15H22N2O2. The number of benzene rings is 1. The third kappa shape index (κ3) is 3.47. The summed E-state index contributed by atoms with van der Waals surface area (Å²) in [5.74, 6) is 0.644. The second-order valence-electron chi connectivity index (χ2n) is 4.97. The van der Waals surface area contributed by atoms with Gasteiger partial charge in [0.25, 0.3) is 0 Å². The normalized spacial score (nSPS) is 22.8. The lowest BCUT2D eigenvalue weighted by molar-refractivity contribution is -0.121. The highest BCUT2D eigenvalue weighted by molar-refractivity contribution is 5.94. The van der Waals surface area contributed by atoms with E-state index in [0.29, 0.717) is 12.4 Å². The summed E-state index contributed by atoms with van der Waals surface area (Å²) in [6.45, 7) is 2.51. The molecule has 104 valence electrons. The number of carbonyl (C=O) groups is 1. The van der Waals surface area contributed by atoms with Crippen molar-refractivity contribution in [2.24, 2.45) is 11.7 Å². The third-order valence-corrected chi connectivity index (χ3v) is 3.60. The lowest BCUT2D eigenvalue weighted by Crippen LogP contribution is -2.40. The van der Waals surface area contributed by atoms with Crippen molar-refractivity contribution in [1.29, 1.82) is 0 Å². The van der Waals surface area contributed by atoms with Crippen LogP contribution in [0, 0.1) is 5.92 Å². The molecule has 0 bridgehead atoms. The average Bonchev–Trinajstić information content (AvgIpc) is 2.41. The number of hydrogen-bond acceptors (Lipinski definition) is 3. The summed E-state index contributed by atoms with van der Waals surface area (Å²) in [5, 5.41) is 2.95. The molecule has 19 heavy (non-hydrogen) atoms. The lowest BCUT2D eigenvalue weighted by Gasteiger charge is -2.27. The minimum absolute atomic E-state index is 0.0133. The zero-order valence-electron chi connectivity index (χ0n) is 11.4. The second-order valence-corrected chi connectivity index (χ2v) is 4.97. The number of anilines is 1. The van der Waals surface area contributed by atoms with E-state index in [-0.39, 0.29) is 17.9 Å². The van der Waals surface area contributed by atoms with Crippen molar-refractivity contribution < 1.29 is 9.53 Å². The lowest BCUT2D eigenvalue weighted by atomic mass is 9.84. The maximum Gasteiger partial charge on any atom is 0.229 e. The van der Waals surface area contributed by atoms with Crippen molar-refractivity contribution >= 4 is 11.6 Å². The first-order valence-corrected chi connectivity index (χ1v) is 7.00. The van der Waals surface area contributed by atoms with E-state index in [1.807, 2.05) is 31.2 Å². The Morgan fingerprint density at radius 1 is 1.37 bits per heavy atom. The van der Waals surface area contributed by atoms with Crippen LogP contribution in [0.3, 0.4) is 0 Å². The van der Waals surface area contributed by atoms with Crippen LogP contribution in [-0.4, -0.2) is 18.6 Å². The number of carbonyl (C=O) groups excluding carboxylic acids is 1. The number of nitrogens with one attached hydrogen (secondary N) is 1. The van der Waals surface area contributed by atoms with E-state index in [1.54, 1.807) is 0 Å². The maximum absolute atomic E-state index is 12.3. The first-order valence-electron chi connectivity index (χ1n) is 7.00. The zero-order chi connectivity index (χ0) is 13.7. The van der Waals surface area contributed by atoms with Gasteiger partial charge in [0.05, 0.1) is 18.2 Å². The first kappa shape index (κ1) is 13.9. The van der Waals surface area contributed by atoms with Gasteiger partial charge in [-0.2, -0.15) is 0 Å². The van der Waals surface area contributed by atoms with Gasteiger partial charge in [-0.15, -0.1) is 0 Å². The number of para-hydroxylation sites is 2. The Labute approximate surface area is 114 Å². The minimum atomic E-state index is -0.0802. The van der Waals surface area contributed by atoms with Gasteiger partial charge in [0, 0.05) is 6.04 Å². The Balaban J connectivity index is 2.05. The van der Waals surface area contributed by atoms with Crippen LogP contribution in [0.2, 0.25) is 0 Å². The standard InChI is InChI=1S/C15H22N2O2/c1-2-19-14-10-6-5-9-13(14)17-15(18)11-7-3-4-8-12(11)16/h5-6,9-12H,2-4,7-8,16H2,1H3,(H,17,18). The van der Waals surface area contributed by atoms with Crippen molar-refractivity contribution in [1.82, 2.24) is 0 Å². The molecule has 1 aromatic carbocycles. The molecule has 4 nitrogen and oxygen atoms in total. The monoisotopic (exact) mass is 262 g/mol. The summed E-state index contributed by atoms with van der Waals surface area (Å²) in [4.78, 5) is 12.3. The molecule has 0 aliphatic heterocycles. The third-order valence-electron chi connectivity index (χ3n) is 3.60. The Morgan fingerprint density at radius 3 is 2.84 bits per heavy atom. The molecule has 0 heterocycles. The molecule has 3 N–H and O–H groups in total. The van der Waals surface area contributed by atoms with Gasteiger partial charge >= 0.3 is 0 Å². The van der Waals surface area contributed by atoms with Gasteiger partial charge in [-0.1, -0.05) is 25.0 Å². The first-order chi connectivity index (χ1) is 9.22. The van der Waals surface area contributed by atoms with E-state index in [1.165, 1.54) is 0 Å². The van der Waals surface area contributed by atoms with Crippen LogP contribution >= 0.6 is 0 Å². The molecule has 1 aliphatic carbocycles. The SMILES string of the molecule is CCOc1ccccc1NC(=O)C1CCCCC1N. The highest BCUT2D eigenvalue weighted by Gasteiger charge is 2.28. The van der Waals surface area contributed by atoms with Gasteiger partial charge in [-0.3, -0.25) is 4.79 Å². The summed E-state index contributed by atoms with van der Waals surface area (Å²) in [6, 6.07) is 7.48.